The molecule has 100 valence electrons. The highest BCUT2D eigenvalue weighted by molar-refractivity contribution is 9.10. The van der Waals surface area contributed by atoms with Crippen molar-refractivity contribution >= 4 is 21.8 Å². The first kappa shape index (κ1) is 15.1. The average molecular weight is 315 g/mol. The van der Waals surface area contributed by atoms with Crippen LogP contribution in [0.4, 0.5) is 0 Å². The van der Waals surface area contributed by atoms with Crippen molar-refractivity contribution in [2.24, 2.45) is 0 Å². The van der Waals surface area contributed by atoms with Gasteiger partial charge in [0.1, 0.15) is 4.60 Å². The molecule has 0 atom stereocenters. The number of amides is 1. The van der Waals surface area contributed by atoms with E-state index >= 15 is 0 Å². The summed E-state index contributed by atoms with van der Waals surface area (Å²) in [6, 6.07) is 3.55. The van der Waals surface area contributed by atoms with Crippen molar-refractivity contribution in [1.82, 2.24) is 9.88 Å². The van der Waals surface area contributed by atoms with Gasteiger partial charge in [-0.2, -0.15) is 0 Å². The Kier molecular flexibility index (Phi) is 4.87. The predicted octanol–water partition coefficient (Wildman–Crippen LogP) is 2.39. The van der Waals surface area contributed by atoms with Crippen LogP contribution >= 0.6 is 15.9 Å². The Morgan fingerprint density at radius 3 is 2.56 bits per heavy atom. The summed E-state index contributed by atoms with van der Waals surface area (Å²) in [7, 11) is 0. The molecule has 18 heavy (non-hydrogen) atoms. The van der Waals surface area contributed by atoms with Gasteiger partial charge in [-0.3, -0.25) is 4.79 Å². The van der Waals surface area contributed by atoms with Crippen LogP contribution < -0.4 is 0 Å². The molecule has 1 rings (SSSR count). The summed E-state index contributed by atoms with van der Waals surface area (Å²) in [5.41, 5.74) is 0.465. The van der Waals surface area contributed by atoms with Crippen LogP contribution in [0, 0.1) is 6.92 Å². The molecule has 0 bridgehead atoms. The second-order valence-electron chi connectivity index (χ2n) is 4.92. The maximum atomic E-state index is 12.3. The number of hydrogen-bond acceptors (Lipinski definition) is 3. The van der Waals surface area contributed by atoms with E-state index in [4.69, 9.17) is 0 Å². The number of nitrogens with zero attached hydrogens (tertiary/aromatic N) is 2. The number of hydrogen-bond donors (Lipinski definition) is 1. The van der Waals surface area contributed by atoms with Gasteiger partial charge in [-0.25, -0.2) is 4.98 Å². The Labute approximate surface area is 116 Å². The molecule has 0 spiro atoms. The predicted molar refractivity (Wildman–Crippen MR) is 74.5 cm³/mol. The molecule has 0 aliphatic rings. The van der Waals surface area contributed by atoms with Crippen molar-refractivity contribution in [1.29, 1.82) is 0 Å². The summed E-state index contributed by atoms with van der Waals surface area (Å²) in [6.45, 7) is 7.97. The van der Waals surface area contributed by atoms with Crippen molar-refractivity contribution < 1.29 is 9.90 Å². The van der Waals surface area contributed by atoms with E-state index in [9.17, 15) is 9.90 Å². The molecular weight excluding hydrogens is 296 g/mol. The molecule has 0 aromatic carbocycles. The standard InChI is InChI=1S/C13H19BrN2O2/c1-5-16(8-13(3,4)18)12(17)10-7-6-9(2)15-11(10)14/h6-7,18H,5,8H2,1-4H3. The Morgan fingerprint density at radius 2 is 2.11 bits per heavy atom. The van der Waals surface area contributed by atoms with Gasteiger partial charge in [-0.15, -0.1) is 0 Å². The topological polar surface area (TPSA) is 53.4 Å². The number of pyridine rings is 1. The smallest absolute Gasteiger partial charge is 0.256 e. The van der Waals surface area contributed by atoms with E-state index in [2.05, 4.69) is 20.9 Å². The van der Waals surface area contributed by atoms with Gasteiger partial charge in [0, 0.05) is 18.8 Å². The zero-order chi connectivity index (χ0) is 13.9. The normalized spacial score (nSPS) is 11.4. The van der Waals surface area contributed by atoms with Crippen LogP contribution in [0.15, 0.2) is 16.7 Å². The zero-order valence-electron chi connectivity index (χ0n) is 11.2. The molecule has 5 heteroatoms. The largest absolute Gasteiger partial charge is 0.389 e. The van der Waals surface area contributed by atoms with Gasteiger partial charge < -0.3 is 10.0 Å². The van der Waals surface area contributed by atoms with Gasteiger partial charge >= 0.3 is 0 Å². The van der Waals surface area contributed by atoms with E-state index in [-0.39, 0.29) is 5.91 Å². The van der Waals surface area contributed by atoms with E-state index in [1.165, 1.54) is 0 Å². The first-order valence-corrected chi connectivity index (χ1v) is 6.68. The second-order valence-corrected chi connectivity index (χ2v) is 5.67. The lowest BCUT2D eigenvalue weighted by Gasteiger charge is -2.28. The second kappa shape index (κ2) is 5.80. The number of halogens is 1. The first-order valence-electron chi connectivity index (χ1n) is 5.89. The van der Waals surface area contributed by atoms with Crippen LogP contribution in [-0.2, 0) is 0 Å². The van der Waals surface area contributed by atoms with E-state index in [1.807, 2.05) is 13.8 Å². The number of likely N-dealkylation sites (N-methyl/N-ethyl adjacent to an activating group) is 1. The van der Waals surface area contributed by atoms with E-state index in [1.54, 1.807) is 30.9 Å². The molecule has 0 fully saturated rings. The number of aryl methyl sites for hydroxylation is 1. The van der Waals surface area contributed by atoms with Gasteiger partial charge in [-0.05, 0) is 55.8 Å². The van der Waals surface area contributed by atoms with Crippen molar-refractivity contribution in [3.05, 3.63) is 28.0 Å². The number of carbonyl (C=O) groups is 1. The number of rotatable bonds is 4. The molecule has 0 unspecified atom stereocenters. The third-order valence-electron chi connectivity index (χ3n) is 2.47. The molecule has 0 saturated heterocycles. The third-order valence-corrected chi connectivity index (χ3v) is 3.07. The lowest BCUT2D eigenvalue weighted by molar-refractivity contribution is 0.0314. The Balaban J connectivity index is 2.97. The SMILES string of the molecule is CCN(CC(C)(C)O)C(=O)c1ccc(C)nc1Br. The summed E-state index contributed by atoms with van der Waals surface area (Å²) < 4.78 is 0.543. The Morgan fingerprint density at radius 1 is 1.50 bits per heavy atom. The highest BCUT2D eigenvalue weighted by atomic mass is 79.9. The molecule has 1 aromatic heterocycles. The highest BCUT2D eigenvalue weighted by Gasteiger charge is 2.23. The number of carbonyl (C=O) groups excluding carboxylic acids is 1. The monoisotopic (exact) mass is 314 g/mol. The van der Waals surface area contributed by atoms with Crippen LogP contribution in [0.3, 0.4) is 0 Å². The molecule has 0 saturated carbocycles. The van der Waals surface area contributed by atoms with Crippen molar-refractivity contribution in [3.63, 3.8) is 0 Å². The van der Waals surface area contributed by atoms with Gasteiger partial charge in [0.25, 0.3) is 5.91 Å². The van der Waals surface area contributed by atoms with Gasteiger partial charge in [0.2, 0.25) is 0 Å². The van der Waals surface area contributed by atoms with Crippen LogP contribution in [0.1, 0.15) is 36.8 Å². The third kappa shape index (κ3) is 4.07. The van der Waals surface area contributed by atoms with Crippen LogP contribution in [0.5, 0.6) is 0 Å². The maximum absolute atomic E-state index is 12.3. The summed E-state index contributed by atoms with van der Waals surface area (Å²) >= 11 is 3.30. The van der Waals surface area contributed by atoms with E-state index in [0.717, 1.165) is 5.69 Å². The van der Waals surface area contributed by atoms with E-state index in [0.29, 0.717) is 23.3 Å². The number of aliphatic hydroxyl groups is 1. The van der Waals surface area contributed by atoms with Gasteiger partial charge in [0.05, 0.1) is 11.2 Å². The molecule has 0 radical (unpaired) electrons. The summed E-state index contributed by atoms with van der Waals surface area (Å²) in [4.78, 5) is 18.2. The van der Waals surface area contributed by atoms with Crippen LogP contribution in [0.25, 0.3) is 0 Å². The summed E-state index contributed by atoms with van der Waals surface area (Å²) in [5.74, 6) is -0.126. The minimum atomic E-state index is -0.906. The van der Waals surface area contributed by atoms with Gasteiger partial charge in [0.15, 0.2) is 0 Å². The molecule has 0 aliphatic carbocycles. The van der Waals surface area contributed by atoms with Crippen molar-refractivity contribution in [2.45, 2.75) is 33.3 Å². The molecule has 1 N–H and O–H groups in total. The molecule has 1 heterocycles. The Hall–Kier alpha value is -0.940. The fourth-order valence-electron chi connectivity index (χ4n) is 1.65. The number of aromatic nitrogens is 1. The highest BCUT2D eigenvalue weighted by Crippen LogP contribution is 2.18. The zero-order valence-corrected chi connectivity index (χ0v) is 12.8. The summed E-state index contributed by atoms with van der Waals surface area (Å²) in [6.07, 6.45) is 0. The van der Waals surface area contributed by atoms with Crippen LogP contribution in [-0.4, -0.2) is 39.6 Å². The van der Waals surface area contributed by atoms with Crippen molar-refractivity contribution in [3.8, 4) is 0 Å². The molecular formula is C13H19BrN2O2. The fraction of sp³-hybridized carbons (Fsp3) is 0.538. The minimum Gasteiger partial charge on any atom is -0.389 e. The lowest BCUT2D eigenvalue weighted by Crippen LogP contribution is -2.42. The molecule has 1 amide bonds. The first-order chi connectivity index (χ1) is 8.24. The Bertz CT molecular complexity index is 441. The molecule has 4 nitrogen and oxygen atoms in total. The quantitative estimate of drug-likeness (QED) is 0.868. The van der Waals surface area contributed by atoms with Crippen LogP contribution in [0.2, 0.25) is 0 Å². The van der Waals surface area contributed by atoms with Crippen molar-refractivity contribution in [2.75, 3.05) is 13.1 Å². The molecule has 1 aromatic rings. The van der Waals surface area contributed by atoms with E-state index < -0.39 is 5.60 Å². The fourth-order valence-corrected chi connectivity index (χ4v) is 2.23. The summed E-state index contributed by atoms with van der Waals surface area (Å²) in [5, 5.41) is 9.81. The molecule has 0 aliphatic heterocycles. The average Bonchev–Trinajstić information content (AvgIpc) is 2.24. The maximum Gasteiger partial charge on any atom is 0.256 e. The minimum absolute atomic E-state index is 0.126. The lowest BCUT2D eigenvalue weighted by atomic mass is 10.1. The van der Waals surface area contributed by atoms with Gasteiger partial charge in [-0.1, -0.05) is 0 Å².